The number of ether oxygens (including phenoxy) is 1. The average molecular weight is 345 g/mol. The fourth-order valence-corrected chi connectivity index (χ4v) is 5.53. The van der Waals surface area contributed by atoms with Crippen LogP contribution in [-0.4, -0.2) is 74.3 Å². The molecule has 0 bridgehead atoms. The van der Waals surface area contributed by atoms with Crippen LogP contribution in [0.1, 0.15) is 20.8 Å². The van der Waals surface area contributed by atoms with Crippen molar-refractivity contribution in [3.05, 3.63) is 0 Å². The fourth-order valence-electron chi connectivity index (χ4n) is 3.62. The Hall–Kier alpha value is -0.860. The quantitative estimate of drug-likeness (QED) is 0.798. The Morgan fingerprint density at radius 3 is 2.22 bits per heavy atom. The third-order valence-electron chi connectivity index (χ3n) is 4.96. The molecule has 3 aliphatic rings. The molecule has 0 aromatic carbocycles. The van der Waals surface area contributed by atoms with Gasteiger partial charge in [0.2, 0.25) is 10.0 Å². The molecule has 0 aromatic heterocycles. The highest BCUT2D eigenvalue weighted by atomic mass is 32.2. The molecule has 23 heavy (non-hydrogen) atoms. The highest BCUT2D eigenvalue weighted by Crippen LogP contribution is 2.49. The molecule has 2 unspecified atom stereocenters. The number of carbonyl (C=O) groups is 1. The zero-order chi connectivity index (χ0) is 16.8. The van der Waals surface area contributed by atoms with E-state index in [1.54, 1.807) is 4.90 Å². The number of hydrogen-bond donors (Lipinski definition) is 1. The zero-order valence-electron chi connectivity index (χ0n) is 14.1. The third-order valence-corrected chi connectivity index (χ3v) is 6.91. The van der Waals surface area contributed by atoms with E-state index in [1.807, 2.05) is 20.8 Å². The molecule has 132 valence electrons. The predicted octanol–water partition coefficient (Wildman–Crippen LogP) is 0.334. The standard InChI is InChI=1S/C15H27N3O4S/c1-15(2,3)22-14(19)17-4-6-18(7-5-17)23(20,21)10-13-11-8-16-9-12(11)13/h11-13,16H,4-10H2,1-3H3. The van der Waals surface area contributed by atoms with Gasteiger partial charge >= 0.3 is 6.09 Å². The number of rotatable bonds is 3. The smallest absolute Gasteiger partial charge is 0.410 e. The lowest BCUT2D eigenvalue weighted by Gasteiger charge is -2.35. The average Bonchev–Trinajstić information content (AvgIpc) is 2.87. The zero-order valence-corrected chi connectivity index (χ0v) is 14.9. The molecule has 1 amide bonds. The van der Waals surface area contributed by atoms with E-state index in [0.29, 0.717) is 43.9 Å². The SMILES string of the molecule is CC(C)(C)OC(=O)N1CCN(S(=O)(=O)CC2C3CNCC32)CC1. The van der Waals surface area contributed by atoms with Crippen LogP contribution < -0.4 is 5.32 Å². The highest BCUT2D eigenvalue weighted by molar-refractivity contribution is 7.89. The second kappa shape index (κ2) is 5.89. The van der Waals surface area contributed by atoms with Crippen LogP contribution in [0.2, 0.25) is 0 Å². The first-order valence-electron chi connectivity index (χ1n) is 8.34. The molecule has 1 aliphatic carbocycles. The number of piperidine rings is 1. The van der Waals surface area contributed by atoms with Crippen molar-refractivity contribution in [2.45, 2.75) is 26.4 Å². The molecular formula is C15H27N3O4S. The number of hydrogen-bond acceptors (Lipinski definition) is 5. The highest BCUT2D eigenvalue weighted by Gasteiger charge is 2.54. The van der Waals surface area contributed by atoms with Crippen LogP contribution in [0, 0.1) is 17.8 Å². The summed E-state index contributed by atoms with van der Waals surface area (Å²) in [4.78, 5) is 13.6. The minimum Gasteiger partial charge on any atom is -0.444 e. The summed E-state index contributed by atoms with van der Waals surface area (Å²) in [7, 11) is -3.22. The molecule has 8 heteroatoms. The van der Waals surface area contributed by atoms with E-state index in [-0.39, 0.29) is 11.8 Å². The van der Waals surface area contributed by atoms with E-state index in [2.05, 4.69) is 5.32 Å². The Bertz CT molecular complexity index is 554. The van der Waals surface area contributed by atoms with Gasteiger partial charge in [-0.3, -0.25) is 0 Å². The van der Waals surface area contributed by atoms with E-state index in [0.717, 1.165) is 13.1 Å². The van der Waals surface area contributed by atoms with Crippen LogP contribution in [0.5, 0.6) is 0 Å². The molecule has 2 aliphatic heterocycles. The first-order valence-corrected chi connectivity index (χ1v) is 9.95. The molecule has 2 heterocycles. The number of nitrogens with one attached hydrogen (secondary N) is 1. The van der Waals surface area contributed by atoms with Crippen molar-refractivity contribution < 1.29 is 17.9 Å². The topological polar surface area (TPSA) is 79.0 Å². The Morgan fingerprint density at radius 2 is 1.70 bits per heavy atom. The van der Waals surface area contributed by atoms with Crippen LogP contribution in [0.3, 0.4) is 0 Å². The maximum Gasteiger partial charge on any atom is 0.410 e. The summed E-state index contributed by atoms with van der Waals surface area (Å²) in [5.41, 5.74) is -0.530. The molecule has 1 N–H and O–H groups in total. The summed E-state index contributed by atoms with van der Waals surface area (Å²) in [6, 6.07) is 0. The van der Waals surface area contributed by atoms with Crippen molar-refractivity contribution >= 4 is 16.1 Å². The third kappa shape index (κ3) is 3.80. The molecular weight excluding hydrogens is 318 g/mol. The van der Waals surface area contributed by atoms with Gasteiger partial charge in [-0.25, -0.2) is 13.2 Å². The fraction of sp³-hybridized carbons (Fsp3) is 0.933. The Balaban J connectivity index is 1.49. The summed E-state index contributed by atoms with van der Waals surface area (Å²) >= 11 is 0. The molecule has 2 saturated heterocycles. The van der Waals surface area contributed by atoms with Crippen molar-refractivity contribution in [1.29, 1.82) is 0 Å². The first kappa shape index (κ1) is 17.0. The van der Waals surface area contributed by atoms with Gasteiger partial charge < -0.3 is 15.0 Å². The number of fused-ring (bicyclic) bond motifs is 1. The normalized spacial score (nSPS) is 31.8. The lowest BCUT2D eigenvalue weighted by Crippen LogP contribution is -2.52. The number of carbonyl (C=O) groups excluding carboxylic acids is 1. The van der Waals surface area contributed by atoms with Gasteiger partial charge in [0.15, 0.2) is 0 Å². The largest absolute Gasteiger partial charge is 0.444 e. The Morgan fingerprint density at radius 1 is 1.13 bits per heavy atom. The number of piperazine rings is 1. The summed E-state index contributed by atoms with van der Waals surface area (Å²) in [5.74, 6) is 1.68. The van der Waals surface area contributed by atoms with Crippen molar-refractivity contribution in [2.24, 2.45) is 17.8 Å². The second-order valence-electron chi connectivity index (χ2n) is 7.79. The van der Waals surface area contributed by atoms with Gasteiger partial charge in [0.05, 0.1) is 5.75 Å². The number of nitrogens with zero attached hydrogens (tertiary/aromatic N) is 2. The Kier molecular flexibility index (Phi) is 4.35. The minimum atomic E-state index is -3.22. The van der Waals surface area contributed by atoms with Crippen LogP contribution in [0.15, 0.2) is 0 Å². The van der Waals surface area contributed by atoms with Gasteiger partial charge in [-0.05, 0) is 51.6 Å². The van der Waals surface area contributed by atoms with Crippen LogP contribution >= 0.6 is 0 Å². The lowest BCUT2D eigenvalue weighted by molar-refractivity contribution is 0.0192. The van der Waals surface area contributed by atoms with E-state index >= 15 is 0 Å². The summed E-state index contributed by atoms with van der Waals surface area (Å²) in [6.07, 6.45) is -0.364. The van der Waals surface area contributed by atoms with Gasteiger partial charge in [0.1, 0.15) is 5.60 Å². The van der Waals surface area contributed by atoms with Gasteiger partial charge in [0.25, 0.3) is 0 Å². The van der Waals surface area contributed by atoms with Crippen LogP contribution in [-0.2, 0) is 14.8 Å². The minimum absolute atomic E-state index is 0.260. The number of sulfonamides is 1. The molecule has 0 aromatic rings. The summed E-state index contributed by atoms with van der Waals surface area (Å²) in [5, 5.41) is 3.29. The summed E-state index contributed by atoms with van der Waals surface area (Å²) in [6.45, 7) is 8.91. The Labute approximate surface area is 138 Å². The van der Waals surface area contributed by atoms with Crippen molar-refractivity contribution in [3.63, 3.8) is 0 Å². The predicted molar refractivity (Wildman–Crippen MR) is 86.5 cm³/mol. The van der Waals surface area contributed by atoms with Crippen LogP contribution in [0.4, 0.5) is 4.79 Å². The second-order valence-corrected chi connectivity index (χ2v) is 9.81. The van der Waals surface area contributed by atoms with E-state index in [1.165, 1.54) is 4.31 Å². The molecule has 3 fully saturated rings. The molecule has 0 spiro atoms. The van der Waals surface area contributed by atoms with Gasteiger partial charge in [-0.1, -0.05) is 0 Å². The monoisotopic (exact) mass is 345 g/mol. The maximum absolute atomic E-state index is 12.5. The molecule has 1 saturated carbocycles. The van der Waals surface area contributed by atoms with Crippen molar-refractivity contribution in [1.82, 2.24) is 14.5 Å². The van der Waals surface area contributed by atoms with E-state index in [4.69, 9.17) is 4.74 Å². The molecule has 7 nitrogen and oxygen atoms in total. The van der Waals surface area contributed by atoms with Gasteiger partial charge in [-0.15, -0.1) is 0 Å². The summed E-state index contributed by atoms with van der Waals surface area (Å²) < 4.78 is 32.0. The van der Waals surface area contributed by atoms with E-state index < -0.39 is 15.6 Å². The van der Waals surface area contributed by atoms with Crippen molar-refractivity contribution in [2.75, 3.05) is 45.0 Å². The number of amides is 1. The first-order chi connectivity index (χ1) is 10.7. The van der Waals surface area contributed by atoms with Gasteiger partial charge in [-0.2, -0.15) is 4.31 Å². The maximum atomic E-state index is 12.5. The van der Waals surface area contributed by atoms with Gasteiger partial charge in [0, 0.05) is 26.2 Å². The lowest BCUT2D eigenvalue weighted by atomic mass is 10.2. The van der Waals surface area contributed by atoms with E-state index in [9.17, 15) is 13.2 Å². The molecule has 2 atom stereocenters. The van der Waals surface area contributed by atoms with Crippen LogP contribution in [0.25, 0.3) is 0 Å². The molecule has 3 rings (SSSR count). The molecule has 0 radical (unpaired) electrons. The van der Waals surface area contributed by atoms with Crippen molar-refractivity contribution in [3.8, 4) is 0 Å².